The van der Waals surface area contributed by atoms with Gasteiger partial charge in [0.25, 0.3) is 0 Å². The molecule has 1 spiro atoms. The molecule has 12 nitrogen and oxygen atoms in total. The number of cyclic esters (lactones) is 1. The Balaban J connectivity index is 1.36. The van der Waals surface area contributed by atoms with Gasteiger partial charge in [-0.25, -0.2) is 4.79 Å². The molecule has 0 radical (unpaired) electrons. The molecule has 0 bridgehead atoms. The number of phenols is 1. The van der Waals surface area contributed by atoms with E-state index in [0.717, 1.165) is 16.8 Å². The Morgan fingerprint density at radius 2 is 1.57 bits per heavy atom. The summed E-state index contributed by atoms with van der Waals surface area (Å²) < 4.78 is 6.44. The number of phenolic OH excluding ortho intramolecular Hbond substituents is 1. The van der Waals surface area contributed by atoms with Gasteiger partial charge in [0.2, 0.25) is 11.8 Å². The number of nitrogens with one attached hydrogen (secondary N) is 3. The second-order valence-corrected chi connectivity index (χ2v) is 14.0. The van der Waals surface area contributed by atoms with Crippen molar-refractivity contribution < 1.29 is 29.0 Å². The highest BCUT2D eigenvalue weighted by Crippen LogP contribution is 2.64. The van der Waals surface area contributed by atoms with Crippen molar-refractivity contribution in [2.24, 2.45) is 11.7 Å². The van der Waals surface area contributed by atoms with Gasteiger partial charge in [-0.05, 0) is 64.7 Å². The molecule has 6 N–H and O–H groups in total. The van der Waals surface area contributed by atoms with E-state index in [2.05, 4.69) is 32.8 Å². The van der Waals surface area contributed by atoms with E-state index >= 15 is 9.59 Å². The van der Waals surface area contributed by atoms with Gasteiger partial charge in [-0.1, -0.05) is 90.7 Å². The number of primary amides is 1. The molecule has 2 saturated heterocycles. The topological polar surface area (TPSA) is 176 Å². The maximum Gasteiger partial charge on any atom is 0.324 e. The third-order valence-electron chi connectivity index (χ3n) is 10.8. The lowest BCUT2D eigenvalue weighted by molar-refractivity contribution is -0.178. The molecule has 4 heterocycles. The Hall–Kier alpha value is -6.97. The van der Waals surface area contributed by atoms with Gasteiger partial charge >= 0.3 is 12.0 Å². The minimum Gasteiger partial charge on any atom is -0.508 e. The van der Waals surface area contributed by atoms with Gasteiger partial charge in [-0.2, -0.15) is 0 Å². The average molecular weight is 747 g/mol. The minimum absolute atomic E-state index is 0.00645. The second-order valence-electron chi connectivity index (χ2n) is 14.0. The highest BCUT2D eigenvalue weighted by Gasteiger charge is 2.74. The van der Waals surface area contributed by atoms with E-state index in [0.29, 0.717) is 28.8 Å². The van der Waals surface area contributed by atoms with Gasteiger partial charge in [0.1, 0.15) is 23.3 Å². The Morgan fingerprint density at radius 3 is 2.27 bits per heavy atom. The molecule has 4 aromatic carbocycles. The first kappa shape index (κ1) is 36.0. The van der Waals surface area contributed by atoms with Crippen molar-refractivity contribution in [3.63, 3.8) is 0 Å². The van der Waals surface area contributed by atoms with Crippen molar-refractivity contribution in [1.29, 1.82) is 0 Å². The van der Waals surface area contributed by atoms with Crippen LogP contribution in [0.4, 0.5) is 10.5 Å². The predicted molar refractivity (Wildman–Crippen MR) is 207 cm³/mol. The number of rotatable bonds is 8. The Bertz CT molecular complexity index is 2350. The maximum atomic E-state index is 15.2. The largest absolute Gasteiger partial charge is 0.508 e. The summed E-state index contributed by atoms with van der Waals surface area (Å²) in [5, 5.41) is 19.1. The lowest BCUT2D eigenvalue weighted by Crippen LogP contribution is -2.55. The van der Waals surface area contributed by atoms with E-state index in [1.807, 2.05) is 83.8 Å². The number of nitrogens with two attached hydrogens (primary N) is 1. The lowest BCUT2D eigenvalue weighted by atomic mass is 9.65. The van der Waals surface area contributed by atoms with Crippen LogP contribution in [0.25, 0.3) is 0 Å². The van der Waals surface area contributed by atoms with Crippen LogP contribution in [0.15, 0.2) is 128 Å². The highest BCUT2D eigenvalue weighted by molar-refractivity contribution is 6.12. The fraction of sp³-hybridized carbons (Fsp3) is 0.205. The number of urea groups is 1. The van der Waals surface area contributed by atoms with Crippen LogP contribution in [0.5, 0.6) is 5.75 Å². The number of hydrogen-bond donors (Lipinski definition) is 5. The summed E-state index contributed by atoms with van der Waals surface area (Å²) >= 11 is 0. The Labute approximate surface area is 323 Å². The Morgan fingerprint density at radius 1 is 0.857 bits per heavy atom. The van der Waals surface area contributed by atoms with Gasteiger partial charge in [0.15, 0.2) is 0 Å². The standard InChI is InChI=1S/C44H38N6O6/c45-43(55)48-24-9-10-27-16-21-34-33(26-27)44(42(54)49-34)35(40(52)47-25-22-31-15-7-8-23-46-31)37-41(53)56-38(29-13-5-2-6-14-29)36(28-11-3-1-4-12-28)50(37)39(44)30-17-19-32(51)20-18-30/h1-8,11-21,23,26,35-39,51H,22,24-25H2,(H,47,52)(H,49,54)(H3,45,48,55). The molecule has 1 aromatic heterocycles. The summed E-state index contributed by atoms with van der Waals surface area (Å²) in [5.74, 6) is 3.01. The molecule has 6 unspecified atom stereocenters. The molecule has 3 aliphatic heterocycles. The molecule has 280 valence electrons. The number of esters is 1. The number of pyridine rings is 1. The van der Waals surface area contributed by atoms with Crippen LogP contribution in [-0.4, -0.2) is 57.9 Å². The van der Waals surface area contributed by atoms with Crippen LogP contribution in [0, 0.1) is 17.8 Å². The third-order valence-corrected chi connectivity index (χ3v) is 10.8. The predicted octanol–water partition coefficient (Wildman–Crippen LogP) is 4.44. The number of carbonyl (C=O) groups is 4. The zero-order valence-electron chi connectivity index (χ0n) is 30.1. The molecule has 56 heavy (non-hydrogen) atoms. The summed E-state index contributed by atoms with van der Waals surface area (Å²) in [6.45, 7) is 0.184. The average Bonchev–Trinajstić information content (AvgIpc) is 3.69. The molecular weight excluding hydrogens is 709 g/mol. The molecular formula is C44H38N6O6. The van der Waals surface area contributed by atoms with Crippen LogP contribution < -0.4 is 21.7 Å². The number of aromatic hydroxyl groups is 1. The quantitative estimate of drug-likeness (QED) is 0.114. The van der Waals surface area contributed by atoms with E-state index in [9.17, 15) is 14.7 Å². The molecule has 0 saturated carbocycles. The molecule has 3 aliphatic rings. The fourth-order valence-corrected chi connectivity index (χ4v) is 8.57. The number of carbonyl (C=O) groups excluding carboxylic acids is 4. The molecule has 8 rings (SSSR count). The molecule has 2 fully saturated rings. The van der Waals surface area contributed by atoms with Gasteiger partial charge in [0.05, 0.1) is 24.5 Å². The molecule has 12 heteroatoms. The van der Waals surface area contributed by atoms with Crippen LogP contribution >= 0.6 is 0 Å². The lowest BCUT2D eigenvalue weighted by Gasteiger charge is -2.46. The van der Waals surface area contributed by atoms with Gasteiger partial charge in [-0.3, -0.25) is 24.3 Å². The summed E-state index contributed by atoms with van der Waals surface area (Å²) in [4.78, 5) is 62.8. The van der Waals surface area contributed by atoms with Crippen molar-refractivity contribution in [2.45, 2.75) is 36.1 Å². The minimum atomic E-state index is -1.72. The number of anilines is 1. The molecule has 6 atom stereocenters. The zero-order chi connectivity index (χ0) is 38.8. The molecule has 4 amide bonds. The number of nitrogens with zero attached hydrogens (tertiary/aromatic N) is 2. The van der Waals surface area contributed by atoms with E-state index in [-0.39, 0.29) is 18.8 Å². The first-order valence-electron chi connectivity index (χ1n) is 18.3. The first-order chi connectivity index (χ1) is 27.3. The van der Waals surface area contributed by atoms with Gasteiger partial charge in [-0.15, -0.1) is 0 Å². The normalized spacial score (nSPS) is 23.5. The van der Waals surface area contributed by atoms with Crippen molar-refractivity contribution in [3.8, 4) is 17.6 Å². The summed E-state index contributed by atoms with van der Waals surface area (Å²) in [5.41, 5.74) is 7.90. The van der Waals surface area contributed by atoms with E-state index < -0.39 is 59.4 Å². The number of morpholine rings is 1. The monoisotopic (exact) mass is 746 g/mol. The van der Waals surface area contributed by atoms with E-state index in [1.165, 1.54) is 12.1 Å². The Kier molecular flexibility index (Phi) is 9.68. The summed E-state index contributed by atoms with van der Waals surface area (Å²) in [7, 11) is 0. The first-order valence-corrected chi connectivity index (χ1v) is 18.3. The number of benzene rings is 4. The fourth-order valence-electron chi connectivity index (χ4n) is 8.57. The van der Waals surface area contributed by atoms with Crippen molar-refractivity contribution in [1.82, 2.24) is 20.5 Å². The van der Waals surface area contributed by atoms with Gasteiger partial charge in [0, 0.05) is 36.1 Å². The SMILES string of the molecule is NC(=O)NCC#Cc1ccc2c(c1)C1(C(=O)N2)C(C(=O)NCCc2ccccn2)C2C(=O)OC(c3ccccc3)C(c3ccccc3)N2C1c1ccc(O)cc1. The number of aromatic nitrogens is 1. The second kappa shape index (κ2) is 15.0. The number of amides is 4. The summed E-state index contributed by atoms with van der Waals surface area (Å²) in [6, 6.07) is 32.8. The van der Waals surface area contributed by atoms with Crippen LogP contribution in [0.1, 0.15) is 51.7 Å². The van der Waals surface area contributed by atoms with Crippen molar-refractivity contribution in [3.05, 3.63) is 161 Å². The summed E-state index contributed by atoms with van der Waals surface area (Å²) in [6.07, 6.45) is 1.28. The maximum absolute atomic E-state index is 15.2. The van der Waals surface area contributed by atoms with Crippen LogP contribution in [-0.2, 0) is 31.0 Å². The molecule has 0 aliphatic carbocycles. The van der Waals surface area contributed by atoms with Gasteiger partial charge < -0.3 is 31.5 Å². The smallest absolute Gasteiger partial charge is 0.324 e. The van der Waals surface area contributed by atoms with Crippen molar-refractivity contribution >= 4 is 29.5 Å². The van der Waals surface area contributed by atoms with E-state index in [1.54, 1.807) is 36.5 Å². The number of hydrogen-bond acceptors (Lipinski definition) is 8. The van der Waals surface area contributed by atoms with Crippen molar-refractivity contribution in [2.75, 3.05) is 18.4 Å². The molecule has 5 aromatic rings. The van der Waals surface area contributed by atoms with Crippen LogP contribution in [0.2, 0.25) is 0 Å². The number of ether oxygens (including phenoxy) is 1. The highest BCUT2D eigenvalue weighted by atomic mass is 16.6. The zero-order valence-corrected chi connectivity index (χ0v) is 30.1. The van der Waals surface area contributed by atoms with Crippen LogP contribution in [0.3, 0.4) is 0 Å². The number of fused-ring (bicyclic) bond motifs is 3. The third kappa shape index (κ3) is 6.37. The van der Waals surface area contributed by atoms with E-state index in [4.69, 9.17) is 10.5 Å².